The van der Waals surface area contributed by atoms with Gasteiger partial charge in [0.15, 0.2) is 11.5 Å². The molecule has 0 bridgehead atoms. The number of amides is 2. The van der Waals surface area contributed by atoms with Gasteiger partial charge < -0.3 is 24.4 Å². The Bertz CT molecular complexity index is 642. The van der Waals surface area contributed by atoms with E-state index in [0.717, 1.165) is 13.0 Å². The summed E-state index contributed by atoms with van der Waals surface area (Å²) in [5, 5.41) is 2.96. The number of carbonyl (C=O) groups is 2. The molecule has 25 heavy (non-hydrogen) atoms. The predicted octanol–water partition coefficient (Wildman–Crippen LogP) is 1.21. The summed E-state index contributed by atoms with van der Waals surface area (Å²) >= 11 is 0. The second-order valence-electron chi connectivity index (χ2n) is 6.42. The third-order valence-corrected chi connectivity index (χ3v) is 4.76. The summed E-state index contributed by atoms with van der Waals surface area (Å²) < 4.78 is 15.8. The van der Waals surface area contributed by atoms with Crippen LogP contribution in [0, 0.1) is 11.8 Å². The second-order valence-corrected chi connectivity index (χ2v) is 6.42. The maximum Gasteiger partial charge on any atom is 0.227 e. The van der Waals surface area contributed by atoms with Gasteiger partial charge in [-0.25, -0.2) is 0 Å². The third kappa shape index (κ3) is 3.87. The van der Waals surface area contributed by atoms with E-state index in [1.54, 1.807) is 37.3 Å². The summed E-state index contributed by atoms with van der Waals surface area (Å²) in [4.78, 5) is 26.4. The molecule has 0 aliphatic carbocycles. The Kier molecular flexibility index (Phi) is 5.43. The molecule has 2 unspecified atom stereocenters. The molecule has 7 nitrogen and oxygen atoms in total. The molecule has 0 radical (unpaired) electrons. The van der Waals surface area contributed by atoms with Crippen molar-refractivity contribution in [1.82, 2.24) is 5.32 Å². The molecule has 0 aromatic heterocycles. The number of methoxy groups -OCH3 is 2. The average Bonchev–Trinajstić information content (AvgIpc) is 3.28. The fourth-order valence-corrected chi connectivity index (χ4v) is 3.26. The fraction of sp³-hybridized carbons (Fsp3) is 0.556. The van der Waals surface area contributed by atoms with Gasteiger partial charge in [0.2, 0.25) is 11.8 Å². The lowest BCUT2D eigenvalue weighted by Gasteiger charge is -2.19. The first-order chi connectivity index (χ1) is 12.1. The van der Waals surface area contributed by atoms with Crippen LogP contribution in [-0.2, 0) is 14.3 Å². The first kappa shape index (κ1) is 17.5. The minimum Gasteiger partial charge on any atom is -0.493 e. The molecule has 136 valence electrons. The summed E-state index contributed by atoms with van der Waals surface area (Å²) in [6, 6.07) is 5.32. The number of benzene rings is 1. The molecule has 2 heterocycles. The number of rotatable bonds is 6. The van der Waals surface area contributed by atoms with Crippen molar-refractivity contribution in [3.63, 3.8) is 0 Å². The number of hydrogen-bond acceptors (Lipinski definition) is 5. The Hall–Kier alpha value is -2.28. The highest BCUT2D eigenvalue weighted by molar-refractivity contribution is 6.00. The molecule has 7 heteroatoms. The standard InChI is InChI=1S/C18H24N2O5/c1-23-15-4-3-14(8-16(15)24-2)20-10-13(7-17(20)21)18(22)19-9-12-5-6-25-11-12/h3-4,8,12-13H,5-7,9-11H2,1-2H3,(H,19,22). The zero-order valence-electron chi connectivity index (χ0n) is 14.6. The van der Waals surface area contributed by atoms with Crippen LogP contribution in [0.15, 0.2) is 18.2 Å². The van der Waals surface area contributed by atoms with E-state index in [9.17, 15) is 9.59 Å². The molecule has 1 aromatic rings. The number of hydrogen-bond donors (Lipinski definition) is 1. The molecule has 0 saturated carbocycles. The molecule has 2 saturated heterocycles. The minimum atomic E-state index is -0.331. The quantitative estimate of drug-likeness (QED) is 0.836. The van der Waals surface area contributed by atoms with Gasteiger partial charge in [-0.05, 0) is 18.6 Å². The van der Waals surface area contributed by atoms with Gasteiger partial charge in [-0.15, -0.1) is 0 Å². The lowest BCUT2D eigenvalue weighted by Crippen LogP contribution is -2.36. The molecule has 2 atom stereocenters. The van der Waals surface area contributed by atoms with E-state index in [-0.39, 0.29) is 24.2 Å². The van der Waals surface area contributed by atoms with Crippen molar-refractivity contribution in [2.45, 2.75) is 12.8 Å². The summed E-state index contributed by atoms with van der Waals surface area (Å²) in [7, 11) is 3.12. The third-order valence-electron chi connectivity index (χ3n) is 4.76. The van der Waals surface area contributed by atoms with E-state index in [4.69, 9.17) is 14.2 Å². The maximum absolute atomic E-state index is 12.4. The molecule has 2 amide bonds. The number of carbonyl (C=O) groups excluding carboxylic acids is 2. The highest BCUT2D eigenvalue weighted by Crippen LogP contribution is 2.34. The van der Waals surface area contributed by atoms with Crippen molar-refractivity contribution < 1.29 is 23.8 Å². The van der Waals surface area contributed by atoms with Crippen LogP contribution in [0.3, 0.4) is 0 Å². The predicted molar refractivity (Wildman–Crippen MR) is 91.9 cm³/mol. The van der Waals surface area contributed by atoms with Gasteiger partial charge in [0, 0.05) is 43.8 Å². The molecular weight excluding hydrogens is 324 g/mol. The van der Waals surface area contributed by atoms with Gasteiger partial charge in [0.1, 0.15) is 0 Å². The number of nitrogens with one attached hydrogen (secondary N) is 1. The van der Waals surface area contributed by atoms with E-state index >= 15 is 0 Å². The van der Waals surface area contributed by atoms with Gasteiger partial charge in [-0.1, -0.05) is 0 Å². The average molecular weight is 348 g/mol. The van der Waals surface area contributed by atoms with Gasteiger partial charge in [0.25, 0.3) is 0 Å². The van der Waals surface area contributed by atoms with Gasteiger partial charge in [-0.3, -0.25) is 9.59 Å². The van der Waals surface area contributed by atoms with Crippen molar-refractivity contribution in [1.29, 1.82) is 0 Å². The van der Waals surface area contributed by atoms with Crippen molar-refractivity contribution in [2.75, 3.05) is 45.4 Å². The van der Waals surface area contributed by atoms with Crippen LogP contribution in [0.1, 0.15) is 12.8 Å². The molecule has 2 aliphatic rings. The van der Waals surface area contributed by atoms with E-state index in [0.29, 0.717) is 42.8 Å². The van der Waals surface area contributed by atoms with E-state index < -0.39 is 0 Å². The molecule has 2 fully saturated rings. The molecule has 0 spiro atoms. The van der Waals surface area contributed by atoms with E-state index in [1.807, 2.05) is 0 Å². The summed E-state index contributed by atoms with van der Waals surface area (Å²) in [6.07, 6.45) is 1.20. The highest BCUT2D eigenvalue weighted by Gasteiger charge is 2.35. The smallest absolute Gasteiger partial charge is 0.227 e. The van der Waals surface area contributed by atoms with Crippen LogP contribution in [0.5, 0.6) is 11.5 Å². The van der Waals surface area contributed by atoms with Gasteiger partial charge in [0.05, 0.1) is 26.7 Å². The molecule has 2 aliphatic heterocycles. The Morgan fingerprint density at radius 3 is 2.80 bits per heavy atom. The van der Waals surface area contributed by atoms with Crippen LogP contribution in [-0.4, -0.2) is 52.3 Å². The SMILES string of the molecule is COc1ccc(N2CC(C(=O)NCC3CCOC3)CC2=O)cc1OC. The zero-order valence-corrected chi connectivity index (χ0v) is 14.6. The lowest BCUT2D eigenvalue weighted by atomic mass is 10.1. The van der Waals surface area contributed by atoms with Crippen LogP contribution in [0.2, 0.25) is 0 Å². The van der Waals surface area contributed by atoms with Crippen molar-refractivity contribution in [2.24, 2.45) is 11.8 Å². The Labute approximate surface area is 147 Å². The molecule has 3 rings (SSSR count). The molecular formula is C18H24N2O5. The molecule has 1 aromatic carbocycles. The zero-order chi connectivity index (χ0) is 17.8. The number of ether oxygens (including phenoxy) is 3. The summed E-state index contributed by atoms with van der Waals surface area (Å²) in [5.74, 6) is 1.08. The minimum absolute atomic E-state index is 0.0587. The molecule has 1 N–H and O–H groups in total. The lowest BCUT2D eigenvalue weighted by molar-refractivity contribution is -0.126. The van der Waals surface area contributed by atoms with Gasteiger partial charge >= 0.3 is 0 Å². The highest BCUT2D eigenvalue weighted by atomic mass is 16.5. The number of anilines is 1. The van der Waals surface area contributed by atoms with E-state index in [1.165, 1.54) is 0 Å². The van der Waals surface area contributed by atoms with Gasteiger partial charge in [-0.2, -0.15) is 0 Å². The first-order valence-electron chi connectivity index (χ1n) is 8.50. The van der Waals surface area contributed by atoms with Crippen molar-refractivity contribution in [3.8, 4) is 11.5 Å². The Morgan fingerprint density at radius 2 is 2.12 bits per heavy atom. The summed E-state index contributed by atoms with van der Waals surface area (Å²) in [6.45, 7) is 2.44. The first-order valence-corrected chi connectivity index (χ1v) is 8.50. The topological polar surface area (TPSA) is 77.1 Å². The normalized spacial score (nSPS) is 23.0. The van der Waals surface area contributed by atoms with Crippen LogP contribution < -0.4 is 19.7 Å². The second kappa shape index (κ2) is 7.74. The monoisotopic (exact) mass is 348 g/mol. The maximum atomic E-state index is 12.4. The van der Waals surface area contributed by atoms with Crippen LogP contribution in [0.4, 0.5) is 5.69 Å². The Balaban J connectivity index is 1.62. The van der Waals surface area contributed by atoms with E-state index in [2.05, 4.69) is 5.32 Å². The Morgan fingerprint density at radius 1 is 1.32 bits per heavy atom. The van der Waals surface area contributed by atoms with Crippen LogP contribution >= 0.6 is 0 Å². The largest absolute Gasteiger partial charge is 0.493 e. The number of nitrogens with zero attached hydrogens (tertiary/aromatic N) is 1. The fourth-order valence-electron chi connectivity index (χ4n) is 3.26. The van der Waals surface area contributed by atoms with Crippen molar-refractivity contribution >= 4 is 17.5 Å². The summed E-state index contributed by atoms with van der Waals surface area (Å²) in [5.41, 5.74) is 0.710. The van der Waals surface area contributed by atoms with Crippen LogP contribution in [0.25, 0.3) is 0 Å². The van der Waals surface area contributed by atoms with Crippen molar-refractivity contribution in [3.05, 3.63) is 18.2 Å².